The molecule has 0 saturated heterocycles. The summed E-state index contributed by atoms with van der Waals surface area (Å²) in [5, 5.41) is -0.115. The lowest BCUT2D eigenvalue weighted by Gasteiger charge is -2.36. The number of hydrogen-bond acceptors (Lipinski definition) is 3. The van der Waals surface area contributed by atoms with E-state index in [1.807, 2.05) is 26.0 Å². The van der Waals surface area contributed by atoms with E-state index < -0.39 is 0 Å². The van der Waals surface area contributed by atoms with Crippen LogP contribution >= 0.6 is 11.6 Å². The molecule has 0 spiro atoms. The van der Waals surface area contributed by atoms with E-state index in [1.165, 1.54) is 0 Å². The molecule has 1 unspecified atom stereocenters. The summed E-state index contributed by atoms with van der Waals surface area (Å²) < 4.78 is 7.57. The first-order valence-corrected chi connectivity index (χ1v) is 7.06. The van der Waals surface area contributed by atoms with Gasteiger partial charge in [0.15, 0.2) is 5.65 Å². The van der Waals surface area contributed by atoms with Crippen molar-refractivity contribution in [3.63, 3.8) is 0 Å². The molecule has 2 heterocycles. The van der Waals surface area contributed by atoms with E-state index in [0.29, 0.717) is 12.1 Å². The minimum atomic E-state index is -0.115. The first-order valence-electron chi connectivity index (χ1n) is 6.62. The third-order valence-electron chi connectivity index (χ3n) is 3.83. The van der Waals surface area contributed by atoms with E-state index in [4.69, 9.17) is 16.3 Å². The quantitative estimate of drug-likeness (QED) is 0.809. The van der Waals surface area contributed by atoms with Gasteiger partial charge >= 0.3 is 0 Å². The molecular formula is C14H18ClN3O. The zero-order valence-corrected chi connectivity index (χ0v) is 12.2. The number of methoxy groups -OCH3 is 1. The molecule has 0 amide bonds. The monoisotopic (exact) mass is 279 g/mol. The average Bonchev–Trinajstić information content (AvgIpc) is 2.67. The SMILES string of the molecule is COC1CC(n2c(C(C)Cl)nc3ccc(C)nc32)C1. The molecule has 4 nitrogen and oxygen atoms in total. The van der Waals surface area contributed by atoms with Gasteiger partial charge in [0.25, 0.3) is 0 Å². The molecule has 5 heteroatoms. The first-order chi connectivity index (χ1) is 9.10. The minimum absolute atomic E-state index is 0.115. The second-order valence-electron chi connectivity index (χ2n) is 5.23. The number of nitrogens with zero attached hydrogens (tertiary/aromatic N) is 3. The number of ether oxygens (including phenoxy) is 1. The van der Waals surface area contributed by atoms with Gasteiger partial charge in [-0.2, -0.15) is 0 Å². The molecule has 0 N–H and O–H groups in total. The normalized spacial score (nSPS) is 24.4. The van der Waals surface area contributed by atoms with Crippen molar-refractivity contribution in [3.05, 3.63) is 23.7 Å². The number of alkyl halides is 1. The number of hydrogen-bond donors (Lipinski definition) is 0. The number of aromatic nitrogens is 3. The summed E-state index contributed by atoms with van der Waals surface area (Å²) >= 11 is 6.27. The predicted octanol–water partition coefficient (Wildman–Crippen LogP) is 3.39. The molecule has 0 aliphatic heterocycles. The van der Waals surface area contributed by atoms with Crippen LogP contribution in [0, 0.1) is 6.92 Å². The van der Waals surface area contributed by atoms with Crippen LogP contribution in [0.15, 0.2) is 12.1 Å². The number of rotatable bonds is 3. The summed E-state index contributed by atoms with van der Waals surface area (Å²) in [6.45, 7) is 3.96. The molecule has 2 aromatic rings. The maximum absolute atomic E-state index is 6.27. The Morgan fingerprint density at radius 2 is 2.11 bits per heavy atom. The van der Waals surface area contributed by atoms with Crippen LogP contribution in [0.3, 0.4) is 0 Å². The number of pyridine rings is 1. The number of aryl methyl sites for hydroxylation is 1. The third kappa shape index (κ3) is 2.13. The molecule has 2 aromatic heterocycles. The van der Waals surface area contributed by atoms with Gasteiger partial charge in [0.1, 0.15) is 11.3 Å². The summed E-state index contributed by atoms with van der Waals surface area (Å²) in [4.78, 5) is 9.27. The van der Waals surface area contributed by atoms with E-state index >= 15 is 0 Å². The lowest BCUT2D eigenvalue weighted by molar-refractivity contribution is 0.00643. The second kappa shape index (κ2) is 4.76. The zero-order valence-electron chi connectivity index (χ0n) is 11.4. The van der Waals surface area contributed by atoms with Crippen molar-refractivity contribution in [2.75, 3.05) is 7.11 Å². The lowest BCUT2D eigenvalue weighted by Crippen LogP contribution is -2.33. The molecule has 19 heavy (non-hydrogen) atoms. The zero-order chi connectivity index (χ0) is 13.6. The molecule has 1 saturated carbocycles. The van der Waals surface area contributed by atoms with Gasteiger partial charge in [-0.1, -0.05) is 0 Å². The van der Waals surface area contributed by atoms with E-state index in [0.717, 1.165) is 35.5 Å². The molecule has 0 bridgehead atoms. The van der Waals surface area contributed by atoms with Gasteiger partial charge in [0.05, 0.1) is 11.5 Å². The highest BCUT2D eigenvalue weighted by Gasteiger charge is 2.34. The third-order valence-corrected chi connectivity index (χ3v) is 4.02. The standard InChI is InChI=1S/C14H18ClN3O/c1-8-4-5-12-14(16-8)18(13(17-12)9(2)15)10-6-11(7-10)19-3/h4-5,9-11H,6-7H2,1-3H3. The summed E-state index contributed by atoms with van der Waals surface area (Å²) in [7, 11) is 1.76. The lowest BCUT2D eigenvalue weighted by atomic mass is 9.89. The van der Waals surface area contributed by atoms with Crippen molar-refractivity contribution in [3.8, 4) is 0 Å². The summed E-state index contributed by atoms with van der Waals surface area (Å²) in [5.41, 5.74) is 2.88. The fourth-order valence-electron chi connectivity index (χ4n) is 2.67. The molecule has 102 valence electrons. The largest absolute Gasteiger partial charge is 0.381 e. The molecular weight excluding hydrogens is 262 g/mol. The Morgan fingerprint density at radius 1 is 1.37 bits per heavy atom. The highest BCUT2D eigenvalue weighted by atomic mass is 35.5. The molecule has 1 aliphatic carbocycles. The van der Waals surface area contributed by atoms with Gasteiger partial charge in [0, 0.05) is 18.8 Å². The number of fused-ring (bicyclic) bond motifs is 1. The van der Waals surface area contributed by atoms with Crippen LogP contribution in [0.1, 0.15) is 42.7 Å². The predicted molar refractivity (Wildman–Crippen MR) is 75.6 cm³/mol. The van der Waals surface area contributed by atoms with Crippen molar-refractivity contribution in [2.24, 2.45) is 0 Å². The summed E-state index contributed by atoms with van der Waals surface area (Å²) in [6, 6.07) is 4.41. The van der Waals surface area contributed by atoms with Crippen LogP contribution in [0.2, 0.25) is 0 Å². The van der Waals surface area contributed by atoms with Crippen LogP contribution in [0.5, 0.6) is 0 Å². The summed E-state index contributed by atoms with van der Waals surface area (Å²) in [6.07, 6.45) is 2.37. The van der Waals surface area contributed by atoms with Crippen LogP contribution in [0.25, 0.3) is 11.2 Å². The highest BCUT2D eigenvalue weighted by Crippen LogP contribution is 2.39. The topological polar surface area (TPSA) is 39.9 Å². The van der Waals surface area contributed by atoms with E-state index in [-0.39, 0.29) is 5.38 Å². The van der Waals surface area contributed by atoms with Crippen molar-refractivity contribution in [2.45, 2.75) is 44.2 Å². The Bertz CT molecular complexity index is 602. The Kier molecular flexibility index (Phi) is 3.23. The van der Waals surface area contributed by atoms with Gasteiger partial charge in [-0.25, -0.2) is 9.97 Å². The maximum atomic E-state index is 6.27. The first kappa shape index (κ1) is 12.9. The van der Waals surface area contributed by atoms with Crippen molar-refractivity contribution in [1.82, 2.24) is 14.5 Å². The highest BCUT2D eigenvalue weighted by molar-refractivity contribution is 6.20. The molecule has 0 aromatic carbocycles. The Hall–Kier alpha value is -1.13. The Balaban J connectivity index is 2.09. The van der Waals surface area contributed by atoms with E-state index in [2.05, 4.69) is 14.5 Å². The van der Waals surface area contributed by atoms with Gasteiger partial charge in [-0.3, -0.25) is 0 Å². The minimum Gasteiger partial charge on any atom is -0.381 e. The van der Waals surface area contributed by atoms with Gasteiger partial charge in [-0.15, -0.1) is 11.6 Å². The second-order valence-corrected chi connectivity index (χ2v) is 5.89. The van der Waals surface area contributed by atoms with Crippen LogP contribution < -0.4 is 0 Å². The summed E-state index contributed by atoms with van der Waals surface area (Å²) in [5.74, 6) is 0.911. The Morgan fingerprint density at radius 3 is 2.74 bits per heavy atom. The molecule has 1 atom stereocenters. The molecule has 0 radical (unpaired) electrons. The van der Waals surface area contributed by atoms with E-state index in [9.17, 15) is 0 Å². The number of halogens is 1. The average molecular weight is 280 g/mol. The molecule has 1 fully saturated rings. The Labute approximate surface area is 117 Å². The van der Waals surface area contributed by atoms with Crippen LogP contribution in [-0.4, -0.2) is 27.7 Å². The fourth-order valence-corrected chi connectivity index (χ4v) is 2.82. The fraction of sp³-hybridized carbons (Fsp3) is 0.571. The van der Waals surface area contributed by atoms with E-state index in [1.54, 1.807) is 7.11 Å². The van der Waals surface area contributed by atoms with Crippen molar-refractivity contribution >= 4 is 22.8 Å². The smallest absolute Gasteiger partial charge is 0.160 e. The maximum Gasteiger partial charge on any atom is 0.160 e. The van der Waals surface area contributed by atoms with Crippen LogP contribution in [-0.2, 0) is 4.74 Å². The molecule has 1 aliphatic rings. The van der Waals surface area contributed by atoms with Crippen molar-refractivity contribution < 1.29 is 4.74 Å². The van der Waals surface area contributed by atoms with Crippen LogP contribution in [0.4, 0.5) is 0 Å². The molecule has 3 rings (SSSR count). The van der Waals surface area contributed by atoms with Gasteiger partial charge in [-0.05, 0) is 38.8 Å². The number of imidazole rings is 1. The van der Waals surface area contributed by atoms with Gasteiger partial charge in [0.2, 0.25) is 0 Å². The van der Waals surface area contributed by atoms with Crippen molar-refractivity contribution in [1.29, 1.82) is 0 Å². The van der Waals surface area contributed by atoms with Gasteiger partial charge < -0.3 is 9.30 Å².